The van der Waals surface area contributed by atoms with Crippen LogP contribution < -0.4 is 10.6 Å². The maximum absolute atomic E-state index is 12.3. The summed E-state index contributed by atoms with van der Waals surface area (Å²) < 4.78 is 1.86. The number of aromatic nitrogens is 2. The molecule has 5 heteroatoms. The van der Waals surface area contributed by atoms with Crippen molar-refractivity contribution in [3.8, 4) is 0 Å². The predicted molar refractivity (Wildman–Crippen MR) is 84.5 cm³/mol. The van der Waals surface area contributed by atoms with Crippen molar-refractivity contribution < 1.29 is 4.79 Å². The van der Waals surface area contributed by atoms with E-state index >= 15 is 0 Å². The summed E-state index contributed by atoms with van der Waals surface area (Å²) in [5, 5.41) is 10.3. The largest absolute Gasteiger partial charge is 0.385 e. The van der Waals surface area contributed by atoms with Gasteiger partial charge in [-0.3, -0.25) is 9.48 Å². The number of anilines is 1. The number of benzene rings is 1. The fourth-order valence-corrected chi connectivity index (χ4v) is 2.16. The molecule has 1 heterocycles. The number of carbonyl (C=O) groups is 1. The van der Waals surface area contributed by atoms with Crippen molar-refractivity contribution in [3.63, 3.8) is 0 Å². The predicted octanol–water partition coefficient (Wildman–Crippen LogP) is 2.44. The second-order valence-electron chi connectivity index (χ2n) is 4.96. The first-order chi connectivity index (χ1) is 10.2. The zero-order valence-corrected chi connectivity index (χ0v) is 12.6. The van der Waals surface area contributed by atoms with Gasteiger partial charge in [0, 0.05) is 37.7 Å². The van der Waals surface area contributed by atoms with E-state index in [1.807, 2.05) is 49.0 Å². The molecule has 0 saturated heterocycles. The van der Waals surface area contributed by atoms with Gasteiger partial charge in [-0.25, -0.2) is 0 Å². The lowest BCUT2D eigenvalue weighted by molar-refractivity contribution is 0.0953. The third kappa shape index (κ3) is 4.34. The molecule has 0 atom stereocenters. The van der Waals surface area contributed by atoms with E-state index in [2.05, 4.69) is 15.7 Å². The van der Waals surface area contributed by atoms with Crippen LogP contribution in [0.5, 0.6) is 0 Å². The van der Waals surface area contributed by atoms with E-state index in [0.717, 1.165) is 30.8 Å². The molecule has 0 radical (unpaired) electrons. The van der Waals surface area contributed by atoms with Gasteiger partial charge in [-0.2, -0.15) is 5.10 Å². The maximum atomic E-state index is 12.3. The summed E-state index contributed by atoms with van der Waals surface area (Å²) in [4.78, 5) is 12.3. The van der Waals surface area contributed by atoms with Gasteiger partial charge in [0.2, 0.25) is 0 Å². The van der Waals surface area contributed by atoms with Crippen molar-refractivity contribution in [2.24, 2.45) is 0 Å². The molecule has 2 N–H and O–H groups in total. The van der Waals surface area contributed by atoms with E-state index in [1.165, 1.54) is 0 Å². The summed E-state index contributed by atoms with van der Waals surface area (Å²) in [6.07, 6.45) is 4.54. The average molecular weight is 286 g/mol. The minimum absolute atomic E-state index is 0.0323. The third-order valence-electron chi connectivity index (χ3n) is 3.20. The lowest BCUT2D eigenvalue weighted by Gasteiger charge is -2.12. The Kier molecular flexibility index (Phi) is 5.37. The minimum atomic E-state index is -0.0323. The van der Waals surface area contributed by atoms with Gasteiger partial charge >= 0.3 is 0 Å². The van der Waals surface area contributed by atoms with Crippen molar-refractivity contribution in [3.05, 3.63) is 47.8 Å². The van der Waals surface area contributed by atoms with E-state index in [9.17, 15) is 4.79 Å². The van der Waals surface area contributed by atoms with E-state index in [1.54, 1.807) is 6.20 Å². The molecule has 5 nitrogen and oxygen atoms in total. The smallest absolute Gasteiger partial charge is 0.253 e. The molecule has 0 unspecified atom stereocenters. The first-order valence-corrected chi connectivity index (χ1v) is 7.31. The SMILES string of the molecule is CCNc1ccc(C)cc1C(=O)NCCCn1cccn1. The van der Waals surface area contributed by atoms with E-state index in [0.29, 0.717) is 12.1 Å². The number of carbonyl (C=O) groups excluding carboxylic acids is 1. The third-order valence-corrected chi connectivity index (χ3v) is 3.20. The van der Waals surface area contributed by atoms with Crippen LogP contribution in [0.2, 0.25) is 0 Å². The highest BCUT2D eigenvalue weighted by Crippen LogP contribution is 2.17. The second-order valence-corrected chi connectivity index (χ2v) is 4.96. The topological polar surface area (TPSA) is 59.0 Å². The number of aryl methyl sites for hydroxylation is 2. The van der Waals surface area contributed by atoms with Gasteiger partial charge in [0.05, 0.1) is 5.56 Å². The Balaban J connectivity index is 1.88. The van der Waals surface area contributed by atoms with Crippen molar-refractivity contribution in [2.45, 2.75) is 26.8 Å². The summed E-state index contributed by atoms with van der Waals surface area (Å²) in [5.41, 5.74) is 2.67. The van der Waals surface area contributed by atoms with E-state index in [-0.39, 0.29) is 5.91 Å². The van der Waals surface area contributed by atoms with Crippen LogP contribution in [-0.2, 0) is 6.54 Å². The molecule has 1 aromatic heterocycles. The van der Waals surface area contributed by atoms with Gasteiger partial charge in [0.25, 0.3) is 5.91 Å². The number of hydrogen-bond acceptors (Lipinski definition) is 3. The molecule has 112 valence electrons. The normalized spacial score (nSPS) is 10.4. The molecule has 0 bridgehead atoms. The number of amides is 1. The molecule has 1 aromatic carbocycles. The summed E-state index contributed by atoms with van der Waals surface area (Å²) in [5.74, 6) is -0.0323. The van der Waals surface area contributed by atoms with Crippen LogP contribution in [0.4, 0.5) is 5.69 Å². The molecule has 0 aliphatic rings. The maximum Gasteiger partial charge on any atom is 0.253 e. The number of rotatable bonds is 7. The van der Waals surface area contributed by atoms with Gasteiger partial charge in [-0.1, -0.05) is 11.6 Å². The zero-order chi connectivity index (χ0) is 15.1. The molecule has 0 aliphatic heterocycles. The van der Waals surface area contributed by atoms with Crippen molar-refractivity contribution in [1.82, 2.24) is 15.1 Å². The molecule has 0 fully saturated rings. The van der Waals surface area contributed by atoms with Crippen LogP contribution >= 0.6 is 0 Å². The van der Waals surface area contributed by atoms with Gasteiger partial charge in [-0.05, 0) is 38.5 Å². The molecule has 2 aromatic rings. The van der Waals surface area contributed by atoms with Crippen LogP contribution in [0.25, 0.3) is 0 Å². The highest BCUT2D eigenvalue weighted by molar-refractivity contribution is 5.99. The van der Waals surface area contributed by atoms with Gasteiger partial charge in [0.15, 0.2) is 0 Å². The summed E-state index contributed by atoms with van der Waals surface area (Å²) >= 11 is 0. The molecular weight excluding hydrogens is 264 g/mol. The quantitative estimate of drug-likeness (QED) is 0.769. The summed E-state index contributed by atoms with van der Waals surface area (Å²) in [6, 6.07) is 7.78. The van der Waals surface area contributed by atoms with Crippen LogP contribution in [0, 0.1) is 6.92 Å². The van der Waals surface area contributed by atoms with Crippen LogP contribution in [-0.4, -0.2) is 28.8 Å². The molecule has 1 amide bonds. The summed E-state index contributed by atoms with van der Waals surface area (Å²) in [6.45, 7) is 6.25. The van der Waals surface area contributed by atoms with Gasteiger partial charge < -0.3 is 10.6 Å². The van der Waals surface area contributed by atoms with Crippen molar-refractivity contribution >= 4 is 11.6 Å². The van der Waals surface area contributed by atoms with E-state index in [4.69, 9.17) is 0 Å². The Bertz CT molecular complexity index is 578. The lowest BCUT2D eigenvalue weighted by Crippen LogP contribution is -2.26. The highest BCUT2D eigenvalue weighted by atomic mass is 16.1. The Hall–Kier alpha value is -2.30. The molecule has 0 aliphatic carbocycles. The number of nitrogens with zero attached hydrogens (tertiary/aromatic N) is 2. The highest BCUT2D eigenvalue weighted by Gasteiger charge is 2.10. The average Bonchev–Trinajstić information content (AvgIpc) is 2.99. The summed E-state index contributed by atoms with van der Waals surface area (Å²) in [7, 11) is 0. The standard InChI is InChI=1S/C16H22N4O/c1-3-17-15-7-6-13(2)12-14(15)16(21)18-8-4-10-20-11-5-9-19-20/h5-7,9,11-12,17H,3-4,8,10H2,1-2H3,(H,18,21). The molecular formula is C16H22N4O. The van der Waals surface area contributed by atoms with Gasteiger partial charge in [0.1, 0.15) is 0 Å². The van der Waals surface area contributed by atoms with E-state index < -0.39 is 0 Å². The first-order valence-electron chi connectivity index (χ1n) is 7.31. The Morgan fingerprint density at radius 3 is 2.95 bits per heavy atom. The number of nitrogens with one attached hydrogen (secondary N) is 2. The fraction of sp³-hybridized carbons (Fsp3) is 0.375. The van der Waals surface area contributed by atoms with Crippen LogP contribution in [0.3, 0.4) is 0 Å². The first kappa shape index (κ1) is 15.1. The Morgan fingerprint density at radius 2 is 2.24 bits per heavy atom. The van der Waals surface area contributed by atoms with Crippen molar-refractivity contribution in [2.75, 3.05) is 18.4 Å². The number of hydrogen-bond donors (Lipinski definition) is 2. The molecule has 2 rings (SSSR count). The van der Waals surface area contributed by atoms with Crippen LogP contribution in [0.1, 0.15) is 29.3 Å². The van der Waals surface area contributed by atoms with Gasteiger partial charge in [-0.15, -0.1) is 0 Å². The monoisotopic (exact) mass is 286 g/mol. The Morgan fingerprint density at radius 1 is 1.38 bits per heavy atom. The fourth-order valence-electron chi connectivity index (χ4n) is 2.16. The minimum Gasteiger partial charge on any atom is -0.385 e. The second kappa shape index (κ2) is 7.47. The molecule has 0 spiro atoms. The van der Waals surface area contributed by atoms with Crippen LogP contribution in [0.15, 0.2) is 36.7 Å². The Labute approximate surface area is 125 Å². The van der Waals surface area contributed by atoms with Crippen molar-refractivity contribution in [1.29, 1.82) is 0 Å². The molecule has 21 heavy (non-hydrogen) atoms. The lowest BCUT2D eigenvalue weighted by atomic mass is 10.1. The molecule has 0 saturated carbocycles. The zero-order valence-electron chi connectivity index (χ0n) is 12.6.